The zero-order chi connectivity index (χ0) is 16.7. The normalized spacial score (nSPS) is 28.4. The van der Waals surface area contributed by atoms with Crippen LogP contribution in [0.1, 0.15) is 17.5 Å². The molecule has 24 heavy (non-hydrogen) atoms. The third-order valence-electron chi connectivity index (χ3n) is 4.99. The maximum Gasteiger partial charge on any atom is 0.241 e. The van der Waals surface area contributed by atoms with Crippen LogP contribution < -0.4 is 4.90 Å². The maximum absolute atomic E-state index is 13.3. The number of carbonyl (C=O) groups excluding carboxylic acids is 1. The number of aliphatic hydroxyl groups is 2. The number of para-hydroxylation sites is 1. The summed E-state index contributed by atoms with van der Waals surface area (Å²) in [6.45, 7) is 0.491. The van der Waals surface area contributed by atoms with Gasteiger partial charge in [-0.2, -0.15) is 0 Å². The zero-order valence-electron chi connectivity index (χ0n) is 13.2. The lowest BCUT2D eigenvalue weighted by Gasteiger charge is -2.33. The van der Waals surface area contributed by atoms with E-state index in [2.05, 4.69) is 0 Å². The molecule has 4 nitrogen and oxygen atoms in total. The van der Waals surface area contributed by atoms with Crippen molar-refractivity contribution >= 4 is 11.6 Å². The highest BCUT2D eigenvalue weighted by Gasteiger charge is 2.52. The lowest BCUT2D eigenvalue weighted by Crippen LogP contribution is -2.45. The van der Waals surface area contributed by atoms with Crippen LogP contribution in [-0.2, 0) is 16.8 Å². The summed E-state index contributed by atoms with van der Waals surface area (Å²) in [6, 6.07) is 17.6. The van der Waals surface area contributed by atoms with Crippen molar-refractivity contribution in [3.05, 3.63) is 77.9 Å². The van der Waals surface area contributed by atoms with Crippen LogP contribution in [0, 0.1) is 0 Å². The third kappa shape index (κ3) is 2.19. The summed E-state index contributed by atoms with van der Waals surface area (Å²) < 4.78 is 0. The molecule has 0 saturated carbocycles. The van der Waals surface area contributed by atoms with E-state index >= 15 is 0 Å². The van der Waals surface area contributed by atoms with Crippen LogP contribution in [0.15, 0.2) is 66.7 Å². The Morgan fingerprint density at radius 2 is 1.75 bits per heavy atom. The topological polar surface area (TPSA) is 60.8 Å². The fraction of sp³-hybridized carbons (Fsp3) is 0.250. The Kier molecular flexibility index (Phi) is 3.52. The standard InChI is InChI=1S/C20H19NO3/c22-17-10-11-20(12-18(17)23)15-8-4-5-9-16(15)21(19(20)24)13-14-6-2-1-3-7-14/h1-11,17-18,22-23H,12-13H2/t17-,18-,20-/m1/s1. The van der Waals surface area contributed by atoms with Crippen LogP contribution >= 0.6 is 0 Å². The largest absolute Gasteiger partial charge is 0.390 e. The Balaban J connectivity index is 1.79. The molecular weight excluding hydrogens is 302 g/mol. The van der Waals surface area contributed by atoms with Gasteiger partial charge in [0.1, 0.15) is 0 Å². The number of rotatable bonds is 2. The molecule has 0 aromatic heterocycles. The monoisotopic (exact) mass is 321 g/mol. The van der Waals surface area contributed by atoms with E-state index in [-0.39, 0.29) is 12.3 Å². The van der Waals surface area contributed by atoms with E-state index in [1.165, 1.54) is 6.08 Å². The molecule has 0 fully saturated rings. The Hall–Kier alpha value is -2.43. The molecule has 122 valence electrons. The van der Waals surface area contributed by atoms with Crippen LogP contribution in [0.4, 0.5) is 5.69 Å². The maximum atomic E-state index is 13.3. The molecule has 3 atom stereocenters. The van der Waals surface area contributed by atoms with Gasteiger partial charge in [-0.1, -0.05) is 60.7 Å². The highest BCUT2D eigenvalue weighted by atomic mass is 16.3. The first-order valence-corrected chi connectivity index (χ1v) is 8.13. The van der Waals surface area contributed by atoms with Gasteiger partial charge >= 0.3 is 0 Å². The van der Waals surface area contributed by atoms with E-state index in [9.17, 15) is 15.0 Å². The number of hydrogen-bond donors (Lipinski definition) is 2. The van der Waals surface area contributed by atoms with E-state index in [0.717, 1.165) is 16.8 Å². The second kappa shape index (κ2) is 5.58. The number of anilines is 1. The second-order valence-corrected chi connectivity index (χ2v) is 6.49. The van der Waals surface area contributed by atoms with Crippen molar-refractivity contribution < 1.29 is 15.0 Å². The van der Waals surface area contributed by atoms with Gasteiger partial charge in [0.05, 0.1) is 24.2 Å². The molecule has 0 radical (unpaired) electrons. The molecule has 0 bridgehead atoms. The molecule has 1 aliphatic carbocycles. The molecule has 1 heterocycles. The van der Waals surface area contributed by atoms with Crippen LogP contribution in [0.2, 0.25) is 0 Å². The molecule has 4 rings (SSSR count). The number of amides is 1. The van der Waals surface area contributed by atoms with Crippen molar-refractivity contribution in [3.63, 3.8) is 0 Å². The lowest BCUT2D eigenvalue weighted by atomic mass is 9.72. The smallest absolute Gasteiger partial charge is 0.241 e. The number of hydrogen-bond acceptors (Lipinski definition) is 3. The van der Waals surface area contributed by atoms with Gasteiger partial charge in [-0.15, -0.1) is 0 Å². The Morgan fingerprint density at radius 1 is 1.04 bits per heavy atom. The highest BCUT2D eigenvalue weighted by Crippen LogP contribution is 2.48. The van der Waals surface area contributed by atoms with Gasteiger partial charge in [0, 0.05) is 5.69 Å². The van der Waals surface area contributed by atoms with Crippen molar-refractivity contribution in [2.24, 2.45) is 0 Å². The van der Waals surface area contributed by atoms with Gasteiger partial charge < -0.3 is 15.1 Å². The highest BCUT2D eigenvalue weighted by molar-refractivity contribution is 6.09. The molecule has 1 amide bonds. The summed E-state index contributed by atoms with van der Waals surface area (Å²) in [5.41, 5.74) is 1.94. The molecular formula is C20H19NO3. The van der Waals surface area contributed by atoms with Crippen molar-refractivity contribution in [2.45, 2.75) is 30.6 Å². The van der Waals surface area contributed by atoms with Crippen LogP contribution in [0.5, 0.6) is 0 Å². The summed E-state index contributed by atoms with van der Waals surface area (Å²) in [6.07, 6.45) is 1.64. The lowest BCUT2D eigenvalue weighted by molar-refractivity contribution is -0.123. The minimum Gasteiger partial charge on any atom is -0.390 e. The molecule has 4 heteroatoms. The third-order valence-corrected chi connectivity index (χ3v) is 4.99. The Morgan fingerprint density at radius 3 is 2.50 bits per heavy atom. The van der Waals surface area contributed by atoms with E-state index in [1.807, 2.05) is 54.6 Å². The average molecular weight is 321 g/mol. The Labute approximate surface area is 140 Å². The van der Waals surface area contributed by atoms with Crippen molar-refractivity contribution in [1.29, 1.82) is 0 Å². The summed E-state index contributed by atoms with van der Waals surface area (Å²) >= 11 is 0. The quantitative estimate of drug-likeness (QED) is 0.833. The molecule has 2 aliphatic rings. The minimum atomic E-state index is -0.941. The van der Waals surface area contributed by atoms with Crippen molar-refractivity contribution in [2.75, 3.05) is 4.90 Å². The van der Waals surface area contributed by atoms with Crippen molar-refractivity contribution in [1.82, 2.24) is 0 Å². The van der Waals surface area contributed by atoms with E-state index < -0.39 is 17.6 Å². The summed E-state index contributed by atoms with van der Waals surface area (Å²) in [5, 5.41) is 19.9. The second-order valence-electron chi connectivity index (χ2n) is 6.49. The van der Waals surface area contributed by atoms with Crippen LogP contribution in [0.25, 0.3) is 0 Å². The predicted octanol–water partition coefficient (Wildman–Crippen LogP) is 2.15. The van der Waals surface area contributed by atoms with Crippen LogP contribution in [-0.4, -0.2) is 28.3 Å². The summed E-state index contributed by atoms with van der Waals surface area (Å²) in [4.78, 5) is 15.1. The molecule has 0 saturated heterocycles. The SMILES string of the molecule is O=C1N(Cc2ccccc2)c2ccccc2[C@]12C=C[C@@H](O)[C@H](O)C2. The minimum absolute atomic E-state index is 0.0465. The number of carbonyl (C=O) groups is 1. The first-order valence-electron chi connectivity index (χ1n) is 8.13. The summed E-state index contributed by atoms with van der Waals surface area (Å²) in [5.74, 6) is -0.0465. The first kappa shape index (κ1) is 15.1. The molecule has 2 N–H and O–H groups in total. The molecule has 2 aromatic carbocycles. The number of nitrogens with zero attached hydrogens (tertiary/aromatic N) is 1. The zero-order valence-corrected chi connectivity index (χ0v) is 13.2. The Bertz CT molecular complexity index is 802. The number of fused-ring (bicyclic) bond motifs is 2. The van der Waals surface area contributed by atoms with Gasteiger partial charge in [0.25, 0.3) is 0 Å². The number of benzene rings is 2. The van der Waals surface area contributed by atoms with Gasteiger partial charge in [-0.25, -0.2) is 0 Å². The first-order chi connectivity index (χ1) is 11.6. The van der Waals surface area contributed by atoms with E-state index in [4.69, 9.17) is 0 Å². The molecule has 1 aliphatic heterocycles. The summed E-state index contributed by atoms with van der Waals surface area (Å²) in [7, 11) is 0. The predicted molar refractivity (Wildman–Crippen MR) is 91.5 cm³/mol. The number of aliphatic hydroxyl groups excluding tert-OH is 2. The van der Waals surface area contributed by atoms with Gasteiger partial charge in [-0.3, -0.25) is 4.79 Å². The average Bonchev–Trinajstić information content (AvgIpc) is 2.83. The van der Waals surface area contributed by atoms with E-state index in [1.54, 1.807) is 11.0 Å². The van der Waals surface area contributed by atoms with Gasteiger partial charge in [0.2, 0.25) is 5.91 Å². The molecule has 2 aromatic rings. The molecule has 0 unspecified atom stereocenters. The molecule has 1 spiro atoms. The van der Waals surface area contributed by atoms with Crippen LogP contribution in [0.3, 0.4) is 0 Å². The van der Waals surface area contributed by atoms with Gasteiger partial charge in [0.15, 0.2) is 0 Å². The fourth-order valence-corrected chi connectivity index (χ4v) is 3.74. The fourth-order valence-electron chi connectivity index (χ4n) is 3.74. The van der Waals surface area contributed by atoms with E-state index in [0.29, 0.717) is 6.54 Å². The van der Waals surface area contributed by atoms with Crippen molar-refractivity contribution in [3.8, 4) is 0 Å². The van der Waals surface area contributed by atoms with Gasteiger partial charge in [-0.05, 0) is 23.6 Å².